The number of hydrogen-bond donors (Lipinski definition) is 0. The first-order chi connectivity index (χ1) is 8.00. The summed E-state index contributed by atoms with van der Waals surface area (Å²) in [5.74, 6) is -0.304. The second-order valence-corrected chi connectivity index (χ2v) is 4.99. The third kappa shape index (κ3) is 4.72. The van der Waals surface area contributed by atoms with E-state index in [2.05, 4.69) is 0 Å². The Bertz CT molecular complexity index is 309. The molecule has 1 saturated carbocycles. The molecule has 0 spiro atoms. The van der Waals surface area contributed by atoms with E-state index in [-0.39, 0.29) is 17.5 Å². The van der Waals surface area contributed by atoms with Crippen molar-refractivity contribution >= 4 is 11.8 Å². The van der Waals surface area contributed by atoms with Crippen molar-refractivity contribution in [2.75, 3.05) is 0 Å². The Balaban J connectivity index is 2.73. The Morgan fingerprint density at radius 2 is 1.76 bits per heavy atom. The van der Waals surface area contributed by atoms with E-state index in [0.717, 1.165) is 12.8 Å². The average molecular weight is 238 g/mol. The summed E-state index contributed by atoms with van der Waals surface area (Å²) < 4.78 is 5.09. The standard InChI is InChI=1S/C14H22O3/c1-10(2)17-14(16)13(11(3)15)9-12-7-5-4-6-8-12/h9-10,12H,4-8H2,1-3H3. The molecule has 0 aromatic carbocycles. The van der Waals surface area contributed by atoms with Crippen LogP contribution < -0.4 is 0 Å². The van der Waals surface area contributed by atoms with Crippen LogP contribution >= 0.6 is 0 Å². The van der Waals surface area contributed by atoms with E-state index in [0.29, 0.717) is 5.92 Å². The molecule has 3 heteroatoms. The molecule has 0 bridgehead atoms. The largest absolute Gasteiger partial charge is 0.459 e. The van der Waals surface area contributed by atoms with Gasteiger partial charge in [0.25, 0.3) is 0 Å². The maximum absolute atomic E-state index is 11.8. The van der Waals surface area contributed by atoms with Crippen LogP contribution in [-0.2, 0) is 14.3 Å². The third-order valence-corrected chi connectivity index (χ3v) is 2.99. The molecule has 1 fully saturated rings. The highest BCUT2D eigenvalue weighted by Crippen LogP contribution is 2.26. The Morgan fingerprint density at radius 1 is 1.18 bits per heavy atom. The second kappa shape index (κ2) is 6.58. The molecule has 3 nitrogen and oxygen atoms in total. The molecule has 0 saturated heterocycles. The molecule has 1 aliphatic rings. The fraction of sp³-hybridized carbons (Fsp3) is 0.714. The van der Waals surface area contributed by atoms with Gasteiger partial charge >= 0.3 is 5.97 Å². The highest BCUT2D eigenvalue weighted by atomic mass is 16.5. The number of ketones is 1. The molecule has 17 heavy (non-hydrogen) atoms. The quantitative estimate of drug-likeness (QED) is 0.327. The van der Waals surface area contributed by atoms with Crippen molar-refractivity contribution in [2.24, 2.45) is 5.92 Å². The van der Waals surface area contributed by atoms with Gasteiger partial charge in [0.2, 0.25) is 0 Å². The van der Waals surface area contributed by atoms with Gasteiger partial charge in [-0.1, -0.05) is 25.3 Å². The van der Waals surface area contributed by atoms with Gasteiger partial charge in [-0.2, -0.15) is 0 Å². The molecular weight excluding hydrogens is 216 g/mol. The van der Waals surface area contributed by atoms with Crippen molar-refractivity contribution < 1.29 is 14.3 Å². The van der Waals surface area contributed by atoms with Gasteiger partial charge < -0.3 is 4.74 Å². The topological polar surface area (TPSA) is 43.4 Å². The lowest BCUT2D eigenvalue weighted by molar-refractivity contribution is -0.143. The summed E-state index contributed by atoms with van der Waals surface area (Å²) >= 11 is 0. The summed E-state index contributed by atoms with van der Waals surface area (Å²) in [5.41, 5.74) is 0.227. The molecule has 0 atom stereocenters. The highest BCUT2D eigenvalue weighted by Gasteiger charge is 2.20. The number of Topliss-reactive ketones (excluding diaryl/α,β-unsaturated/α-hetero) is 1. The van der Waals surface area contributed by atoms with E-state index in [1.54, 1.807) is 13.8 Å². The molecule has 0 unspecified atom stereocenters. The van der Waals surface area contributed by atoms with Gasteiger partial charge in [0.15, 0.2) is 5.78 Å². The van der Waals surface area contributed by atoms with E-state index >= 15 is 0 Å². The smallest absolute Gasteiger partial charge is 0.341 e. The van der Waals surface area contributed by atoms with Crippen LogP contribution in [0.2, 0.25) is 0 Å². The van der Waals surface area contributed by atoms with E-state index < -0.39 is 5.97 Å². The summed E-state index contributed by atoms with van der Waals surface area (Å²) in [5, 5.41) is 0. The van der Waals surface area contributed by atoms with Crippen LogP contribution in [0.3, 0.4) is 0 Å². The van der Waals surface area contributed by atoms with E-state index in [1.165, 1.54) is 26.2 Å². The van der Waals surface area contributed by atoms with Gasteiger partial charge in [0.05, 0.1) is 11.7 Å². The minimum atomic E-state index is -0.474. The van der Waals surface area contributed by atoms with Crippen LogP contribution in [0.5, 0.6) is 0 Å². The number of hydrogen-bond acceptors (Lipinski definition) is 3. The van der Waals surface area contributed by atoms with Crippen LogP contribution in [-0.4, -0.2) is 17.9 Å². The minimum absolute atomic E-state index is 0.184. The van der Waals surface area contributed by atoms with Gasteiger partial charge in [-0.05, 0) is 39.5 Å². The van der Waals surface area contributed by atoms with E-state index in [1.807, 2.05) is 6.08 Å². The van der Waals surface area contributed by atoms with Crippen LogP contribution in [0, 0.1) is 5.92 Å². The average Bonchev–Trinajstić information content (AvgIpc) is 2.25. The number of carbonyl (C=O) groups is 2. The molecule has 0 aromatic rings. The maximum Gasteiger partial charge on any atom is 0.341 e. The Kier molecular flexibility index (Phi) is 5.39. The van der Waals surface area contributed by atoms with Crippen molar-refractivity contribution in [1.29, 1.82) is 0 Å². The molecule has 1 aliphatic carbocycles. The van der Waals surface area contributed by atoms with Gasteiger partial charge in [-0.25, -0.2) is 4.79 Å². The summed E-state index contributed by atoms with van der Waals surface area (Å²) in [6.45, 7) is 5.00. The van der Waals surface area contributed by atoms with E-state index in [4.69, 9.17) is 4.74 Å². The van der Waals surface area contributed by atoms with Gasteiger partial charge in [0.1, 0.15) is 0 Å². The zero-order chi connectivity index (χ0) is 12.8. The molecule has 96 valence electrons. The van der Waals surface area contributed by atoms with Crippen molar-refractivity contribution in [3.8, 4) is 0 Å². The molecule has 0 aliphatic heterocycles. The minimum Gasteiger partial charge on any atom is -0.459 e. The van der Waals surface area contributed by atoms with Crippen LogP contribution in [0.25, 0.3) is 0 Å². The number of rotatable bonds is 4. The molecule has 0 aromatic heterocycles. The summed E-state index contributed by atoms with van der Waals surface area (Å²) in [4.78, 5) is 23.2. The monoisotopic (exact) mass is 238 g/mol. The van der Waals surface area contributed by atoms with Crippen LogP contribution in [0.15, 0.2) is 11.6 Å². The highest BCUT2D eigenvalue weighted by molar-refractivity contribution is 6.16. The summed E-state index contributed by atoms with van der Waals surface area (Å²) in [6.07, 6.45) is 7.42. The predicted molar refractivity (Wildman–Crippen MR) is 66.6 cm³/mol. The molecule has 1 rings (SSSR count). The Morgan fingerprint density at radius 3 is 2.24 bits per heavy atom. The lowest BCUT2D eigenvalue weighted by Gasteiger charge is -2.19. The first-order valence-electron chi connectivity index (χ1n) is 6.44. The fourth-order valence-corrected chi connectivity index (χ4v) is 2.14. The van der Waals surface area contributed by atoms with Crippen molar-refractivity contribution in [3.05, 3.63) is 11.6 Å². The first kappa shape index (κ1) is 13.9. The van der Waals surface area contributed by atoms with Crippen molar-refractivity contribution in [3.63, 3.8) is 0 Å². The zero-order valence-corrected chi connectivity index (χ0v) is 11.0. The maximum atomic E-state index is 11.8. The summed E-state index contributed by atoms with van der Waals surface area (Å²) in [6, 6.07) is 0. The third-order valence-electron chi connectivity index (χ3n) is 2.99. The second-order valence-electron chi connectivity index (χ2n) is 4.99. The van der Waals surface area contributed by atoms with E-state index in [9.17, 15) is 9.59 Å². The number of carbonyl (C=O) groups excluding carboxylic acids is 2. The molecule has 0 amide bonds. The SMILES string of the molecule is CC(=O)C(=CC1CCCCC1)C(=O)OC(C)C. The van der Waals surface area contributed by atoms with Gasteiger partial charge in [-0.15, -0.1) is 0 Å². The Labute approximate surface area is 103 Å². The lowest BCUT2D eigenvalue weighted by Crippen LogP contribution is -2.19. The molecule has 0 heterocycles. The predicted octanol–water partition coefficient (Wildman–Crippen LogP) is 3.03. The lowest BCUT2D eigenvalue weighted by atomic mass is 9.87. The van der Waals surface area contributed by atoms with Crippen molar-refractivity contribution in [1.82, 2.24) is 0 Å². The molecule has 0 radical (unpaired) electrons. The molecule has 0 N–H and O–H groups in total. The molecular formula is C14H22O3. The number of allylic oxidation sites excluding steroid dienone is 1. The number of esters is 1. The first-order valence-corrected chi connectivity index (χ1v) is 6.44. The fourth-order valence-electron chi connectivity index (χ4n) is 2.14. The summed E-state index contributed by atoms with van der Waals surface area (Å²) in [7, 11) is 0. The van der Waals surface area contributed by atoms with Gasteiger partial charge in [-0.3, -0.25) is 4.79 Å². The normalized spacial score (nSPS) is 18.2. The zero-order valence-electron chi connectivity index (χ0n) is 11.0. The Hall–Kier alpha value is -1.12. The van der Waals surface area contributed by atoms with Gasteiger partial charge in [0, 0.05) is 0 Å². The van der Waals surface area contributed by atoms with Crippen LogP contribution in [0.4, 0.5) is 0 Å². The number of ether oxygens (including phenoxy) is 1. The van der Waals surface area contributed by atoms with Crippen LogP contribution in [0.1, 0.15) is 52.9 Å². The van der Waals surface area contributed by atoms with Crippen molar-refractivity contribution in [2.45, 2.75) is 59.0 Å².